The number of benzene rings is 4. The topological polar surface area (TPSA) is 85.3 Å². The predicted octanol–water partition coefficient (Wildman–Crippen LogP) is 7.30. The molecule has 0 aliphatic heterocycles. The van der Waals surface area contributed by atoms with Crippen molar-refractivity contribution in [2.75, 3.05) is 0 Å². The largest absolute Gasteiger partial charge is 0.299 e. The number of hydrogen-bond donors (Lipinski definition) is 0. The quantitative estimate of drug-likeness (QED) is 0.220. The number of carbonyl (C=O) groups is 1. The molecule has 8 heteroatoms. The van der Waals surface area contributed by atoms with E-state index in [0.717, 1.165) is 22.3 Å². The molecule has 4 aromatic rings. The molecule has 45 heavy (non-hydrogen) atoms. The SMILES string of the molecule is Cc1ccc(C2CC(=O)[C@@H]3CC(S(=O)(=O)c4ccc(C)cc4)C(c4ccccc4F)CC3C2S(=O)(=O)c2ccc(C)cc2)cc1. The lowest BCUT2D eigenvalue weighted by Crippen LogP contribution is -2.53. The Morgan fingerprint density at radius 2 is 1.11 bits per heavy atom. The number of hydrogen-bond acceptors (Lipinski definition) is 5. The number of aryl methyl sites for hydroxylation is 3. The molecule has 0 N–H and O–H groups in total. The number of sulfone groups is 2. The van der Waals surface area contributed by atoms with Crippen LogP contribution in [-0.2, 0) is 24.5 Å². The molecule has 0 heterocycles. The minimum absolute atomic E-state index is 0.0123. The third-order valence-corrected chi connectivity index (χ3v) is 14.5. The van der Waals surface area contributed by atoms with Gasteiger partial charge in [0, 0.05) is 24.2 Å². The molecule has 5 nitrogen and oxygen atoms in total. The van der Waals surface area contributed by atoms with Gasteiger partial charge < -0.3 is 0 Å². The Morgan fingerprint density at radius 1 is 0.600 bits per heavy atom. The maximum absolute atomic E-state index is 15.5. The number of halogens is 1. The van der Waals surface area contributed by atoms with Gasteiger partial charge in [0.2, 0.25) is 0 Å². The Balaban J connectivity index is 1.52. The zero-order valence-electron chi connectivity index (χ0n) is 25.6. The second-order valence-corrected chi connectivity index (χ2v) is 17.0. The summed E-state index contributed by atoms with van der Waals surface area (Å²) in [6.07, 6.45) is -0.0356. The Morgan fingerprint density at radius 3 is 1.67 bits per heavy atom. The molecule has 234 valence electrons. The van der Waals surface area contributed by atoms with Gasteiger partial charge in [0.1, 0.15) is 11.6 Å². The van der Waals surface area contributed by atoms with Crippen molar-refractivity contribution in [3.8, 4) is 0 Å². The summed E-state index contributed by atoms with van der Waals surface area (Å²) in [4.78, 5) is 14.3. The van der Waals surface area contributed by atoms with Gasteiger partial charge in [-0.15, -0.1) is 0 Å². The molecule has 0 bridgehead atoms. The number of carbonyl (C=O) groups excluding carboxylic acids is 1. The van der Waals surface area contributed by atoms with Crippen LogP contribution >= 0.6 is 0 Å². The molecular weight excluding hydrogens is 608 g/mol. The average molecular weight is 645 g/mol. The Bertz CT molecular complexity index is 1930. The molecule has 2 aliphatic carbocycles. The van der Waals surface area contributed by atoms with Crippen molar-refractivity contribution >= 4 is 25.5 Å². The molecule has 0 spiro atoms. The van der Waals surface area contributed by atoms with Crippen LogP contribution in [0.2, 0.25) is 0 Å². The normalized spacial score (nSPS) is 25.5. The van der Waals surface area contributed by atoms with Crippen molar-refractivity contribution in [3.63, 3.8) is 0 Å². The van der Waals surface area contributed by atoms with E-state index in [9.17, 15) is 21.6 Å². The van der Waals surface area contributed by atoms with Crippen molar-refractivity contribution in [3.05, 3.63) is 131 Å². The van der Waals surface area contributed by atoms with E-state index in [1.807, 2.05) is 45.0 Å². The van der Waals surface area contributed by atoms with Gasteiger partial charge in [0.05, 0.1) is 20.3 Å². The van der Waals surface area contributed by atoms with Crippen LogP contribution in [-0.4, -0.2) is 33.1 Å². The fourth-order valence-electron chi connectivity index (χ4n) is 7.52. The van der Waals surface area contributed by atoms with Gasteiger partial charge in [0.15, 0.2) is 19.7 Å². The van der Waals surface area contributed by atoms with Gasteiger partial charge in [-0.1, -0.05) is 83.4 Å². The van der Waals surface area contributed by atoms with Crippen LogP contribution in [0.15, 0.2) is 107 Å². The molecule has 0 amide bonds. The molecule has 2 fully saturated rings. The molecule has 5 unspecified atom stereocenters. The minimum atomic E-state index is -4.02. The second-order valence-electron chi connectivity index (χ2n) is 12.8. The van der Waals surface area contributed by atoms with E-state index in [1.54, 1.807) is 66.7 Å². The summed E-state index contributed by atoms with van der Waals surface area (Å²) in [6.45, 7) is 5.69. The predicted molar refractivity (Wildman–Crippen MR) is 173 cm³/mol. The van der Waals surface area contributed by atoms with Crippen LogP contribution in [0.25, 0.3) is 0 Å². The van der Waals surface area contributed by atoms with Crippen LogP contribution in [0.1, 0.15) is 58.9 Å². The molecule has 2 saturated carbocycles. The highest BCUT2D eigenvalue weighted by Gasteiger charge is 2.56. The Labute approximate surface area is 265 Å². The van der Waals surface area contributed by atoms with Gasteiger partial charge in [-0.25, -0.2) is 21.2 Å². The average Bonchev–Trinajstić information content (AvgIpc) is 3.01. The zero-order valence-corrected chi connectivity index (χ0v) is 27.2. The second kappa shape index (κ2) is 12.0. The number of fused-ring (bicyclic) bond motifs is 1. The smallest absolute Gasteiger partial charge is 0.182 e. The first-order chi connectivity index (χ1) is 21.4. The van der Waals surface area contributed by atoms with Crippen LogP contribution in [0.4, 0.5) is 4.39 Å². The monoisotopic (exact) mass is 644 g/mol. The summed E-state index contributed by atoms with van der Waals surface area (Å²) in [6, 6.07) is 27.0. The van der Waals surface area contributed by atoms with E-state index in [4.69, 9.17) is 0 Å². The van der Waals surface area contributed by atoms with Crippen molar-refractivity contribution in [1.29, 1.82) is 0 Å². The van der Waals surface area contributed by atoms with Crippen molar-refractivity contribution in [1.82, 2.24) is 0 Å². The highest BCUT2D eigenvalue weighted by Crippen LogP contribution is 2.54. The van der Waals surface area contributed by atoms with Gasteiger partial charge in [-0.05, 0) is 81.0 Å². The summed E-state index contributed by atoms with van der Waals surface area (Å²) in [5, 5.41) is -2.09. The third-order valence-electron chi connectivity index (χ3n) is 9.90. The number of ketones is 1. The molecule has 4 aromatic carbocycles. The van der Waals surface area contributed by atoms with E-state index >= 15 is 4.39 Å². The summed E-state index contributed by atoms with van der Waals surface area (Å²) in [5.41, 5.74) is 3.82. The van der Waals surface area contributed by atoms with E-state index in [2.05, 4.69) is 0 Å². The lowest BCUT2D eigenvalue weighted by atomic mass is 9.61. The van der Waals surface area contributed by atoms with E-state index in [1.165, 1.54) is 6.07 Å². The van der Waals surface area contributed by atoms with Crippen LogP contribution in [0.3, 0.4) is 0 Å². The highest BCUT2D eigenvalue weighted by molar-refractivity contribution is 7.92. The van der Waals surface area contributed by atoms with E-state index in [0.29, 0.717) is 0 Å². The van der Waals surface area contributed by atoms with Crippen LogP contribution in [0.5, 0.6) is 0 Å². The first-order valence-corrected chi connectivity index (χ1v) is 18.4. The lowest BCUT2D eigenvalue weighted by molar-refractivity contribution is -0.128. The number of rotatable bonds is 6. The van der Waals surface area contributed by atoms with Crippen LogP contribution in [0, 0.1) is 38.4 Å². The lowest BCUT2D eigenvalue weighted by Gasteiger charge is -2.48. The Kier molecular flexibility index (Phi) is 8.33. The standard InChI is InChI=1S/C37H37FO5S2/c1-23-8-14-26(15-9-23)30-21-35(39)31-22-36(44(40,41)27-16-10-24(2)11-17-27)32(29-6-4-5-7-34(29)38)20-33(31)37(30)45(42,43)28-18-12-25(3)13-19-28/h4-19,30-33,36-37H,20-22H2,1-3H3/t30?,31-,32?,33?,36?,37?/m1/s1. The maximum Gasteiger partial charge on any atom is 0.182 e. The maximum atomic E-state index is 15.5. The van der Waals surface area contributed by atoms with Gasteiger partial charge in [-0.2, -0.15) is 0 Å². The molecular formula is C37H37FO5S2. The third kappa shape index (κ3) is 5.79. The molecule has 6 atom stereocenters. The summed E-state index contributed by atoms with van der Waals surface area (Å²) < 4.78 is 73.4. The molecule has 2 aliphatic rings. The fraction of sp³-hybridized carbons (Fsp3) is 0.324. The van der Waals surface area contributed by atoms with Gasteiger partial charge in [-0.3, -0.25) is 4.79 Å². The van der Waals surface area contributed by atoms with E-state index < -0.39 is 59.7 Å². The highest BCUT2D eigenvalue weighted by atomic mass is 32.2. The van der Waals surface area contributed by atoms with Gasteiger partial charge >= 0.3 is 0 Å². The molecule has 0 saturated heterocycles. The van der Waals surface area contributed by atoms with Crippen molar-refractivity contribution in [2.45, 2.75) is 72.2 Å². The molecule has 6 rings (SSSR count). The van der Waals surface area contributed by atoms with Gasteiger partial charge in [0.25, 0.3) is 0 Å². The van der Waals surface area contributed by atoms with Crippen molar-refractivity contribution in [2.24, 2.45) is 11.8 Å². The van der Waals surface area contributed by atoms with E-state index in [-0.39, 0.29) is 40.4 Å². The summed E-state index contributed by atoms with van der Waals surface area (Å²) in [5.74, 6) is -3.67. The molecule has 0 radical (unpaired) electrons. The first kappa shape index (κ1) is 31.4. The summed E-state index contributed by atoms with van der Waals surface area (Å²) in [7, 11) is -8.02. The van der Waals surface area contributed by atoms with Crippen LogP contribution < -0.4 is 0 Å². The summed E-state index contributed by atoms with van der Waals surface area (Å²) >= 11 is 0. The number of Topliss-reactive ketones (excluding diaryl/α,β-unsaturated/α-hetero) is 1. The molecule has 0 aromatic heterocycles. The minimum Gasteiger partial charge on any atom is -0.299 e. The first-order valence-electron chi connectivity index (χ1n) is 15.3. The van der Waals surface area contributed by atoms with Crippen molar-refractivity contribution < 1.29 is 26.0 Å². The zero-order chi connectivity index (χ0) is 32.1. The fourth-order valence-corrected chi connectivity index (χ4v) is 11.8. The Hall–Kier alpha value is -3.62.